The Bertz CT molecular complexity index is 404. The molecule has 0 aliphatic carbocycles. The van der Waals surface area contributed by atoms with Crippen molar-refractivity contribution in [2.24, 2.45) is 0 Å². The Balaban J connectivity index is 2.78. The van der Waals surface area contributed by atoms with Crippen LogP contribution in [0.25, 0.3) is 0 Å². The summed E-state index contributed by atoms with van der Waals surface area (Å²) < 4.78 is 0. The summed E-state index contributed by atoms with van der Waals surface area (Å²) in [6.45, 7) is 1.95. The molecule has 0 radical (unpaired) electrons. The number of nitrogens with zero attached hydrogens (tertiary/aromatic N) is 1. The van der Waals surface area contributed by atoms with Gasteiger partial charge in [-0.15, -0.1) is 0 Å². The molecule has 0 aliphatic rings. The van der Waals surface area contributed by atoms with Crippen LogP contribution in [0.3, 0.4) is 0 Å². The van der Waals surface area contributed by atoms with Gasteiger partial charge < -0.3 is 10.0 Å². The van der Waals surface area contributed by atoms with Gasteiger partial charge >= 0.3 is 5.97 Å². The molecule has 0 aromatic heterocycles. The Morgan fingerprint density at radius 1 is 1.47 bits per heavy atom. The zero-order chi connectivity index (χ0) is 13.0. The van der Waals surface area contributed by atoms with Gasteiger partial charge in [-0.3, -0.25) is 4.79 Å². The summed E-state index contributed by atoms with van der Waals surface area (Å²) in [6.07, 6.45) is 0.867. The number of carboxylic acids is 1. The third-order valence-corrected chi connectivity index (χ3v) is 3.26. The smallest absolute Gasteiger partial charge is 0.304 e. The Morgan fingerprint density at radius 3 is 2.59 bits per heavy atom. The first kappa shape index (κ1) is 14.0. The highest BCUT2D eigenvalue weighted by molar-refractivity contribution is 6.31. The Kier molecular flexibility index (Phi) is 4.97. The van der Waals surface area contributed by atoms with E-state index in [1.165, 1.54) is 0 Å². The van der Waals surface area contributed by atoms with E-state index in [4.69, 9.17) is 16.7 Å². The van der Waals surface area contributed by atoms with Crippen molar-refractivity contribution in [1.29, 1.82) is 0 Å². The van der Waals surface area contributed by atoms with E-state index in [-0.39, 0.29) is 12.5 Å². The molecule has 0 saturated heterocycles. The first-order valence-electron chi connectivity index (χ1n) is 5.53. The quantitative estimate of drug-likeness (QED) is 0.879. The first-order valence-corrected chi connectivity index (χ1v) is 5.91. The average Bonchev–Trinajstić information content (AvgIpc) is 2.21. The van der Waals surface area contributed by atoms with E-state index in [1.54, 1.807) is 0 Å². The molecule has 3 nitrogen and oxygen atoms in total. The lowest BCUT2D eigenvalue weighted by Gasteiger charge is -2.22. The number of rotatable bonds is 5. The number of benzene rings is 1. The molecular weight excluding hydrogens is 238 g/mol. The van der Waals surface area contributed by atoms with E-state index in [0.717, 1.165) is 22.6 Å². The van der Waals surface area contributed by atoms with Crippen LogP contribution in [0.1, 0.15) is 17.5 Å². The molecule has 94 valence electrons. The number of hydrogen-bond acceptors (Lipinski definition) is 2. The normalized spacial score (nSPS) is 12.8. The maximum Gasteiger partial charge on any atom is 0.304 e. The van der Waals surface area contributed by atoms with E-state index in [0.29, 0.717) is 0 Å². The molecule has 1 atom stereocenters. The van der Waals surface area contributed by atoms with Crippen LogP contribution in [-0.2, 0) is 11.2 Å². The molecule has 17 heavy (non-hydrogen) atoms. The molecule has 1 unspecified atom stereocenters. The van der Waals surface area contributed by atoms with Gasteiger partial charge in [0.25, 0.3) is 0 Å². The Morgan fingerprint density at radius 2 is 2.12 bits per heavy atom. The fraction of sp³-hybridized carbons (Fsp3) is 0.462. The molecule has 0 spiro atoms. The van der Waals surface area contributed by atoms with Gasteiger partial charge in [-0.05, 0) is 44.6 Å². The minimum Gasteiger partial charge on any atom is -0.481 e. The summed E-state index contributed by atoms with van der Waals surface area (Å²) in [4.78, 5) is 12.7. The van der Waals surface area contributed by atoms with Gasteiger partial charge in [0.1, 0.15) is 0 Å². The molecule has 1 aromatic carbocycles. The lowest BCUT2D eigenvalue weighted by Crippen LogP contribution is -2.32. The van der Waals surface area contributed by atoms with Crippen LogP contribution >= 0.6 is 11.6 Å². The van der Waals surface area contributed by atoms with Crippen molar-refractivity contribution in [3.8, 4) is 0 Å². The van der Waals surface area contributed by atoms with Gasteiger partial charge in [-0.1, -0.05) is 23.7 Å². The van der Waals surface area contributed by atoms with E-state index in [2.05, 4.69) is 0 Å². The minimum atomic E-state index is -0.769. The topological polar surface area (TPSA) is 40.5 Å². The lowest BCUT2D eigenvalue weighted by molar-refractivity contribution is -0.138. The number of likely N-dealkylation sites (N-methyl/N-ethyl adjacent to an activating group) is 1. The Labute approximate surface area is 107 Å². The average molecular weight is 256 g/mol. The van der Waals surface area contributed by atoms with Crippen LogP contribution in [0.2, 0.25) is 5.02 Å². The number of aliphatic carboxylic acids is 1. The maximum atomic E-state index is 10.8. The number of carboxylic acid groups (broad SMARTS) is 1. The van der Waals surface area contributed by atoms with Crippen molar-refractivity contribution in [3.05, 3.63) is 34.3 Å². The number of halogens is 1. The number of aryl methyl sites for hydroxylation is 1. The summed E-state index contributed by atoms with van der Waals surface area (Å²) in [7, 11) is 3.80. The summed E-state index contributed by atoms with van der Waals surface area (Å²) in [5.74, 6) is -0.769. The van der Waals surface area contributed by atoms with Gasteiger partial charge in [0.2, 0.25) is 0 Å². The van der Waals surface area contributed by atoms with E-state index in [1.807, 2.05) is 44.1 Å². The van der Waals surface area contributed by atoms with Gasteiger partial charge in [-0.2, -0.15) is 0 Å². The third-order valence-electron chi connectivity index (χ3n) is 2.83. The highest BCUT2D eigenvalue weighted by atomic mass is 35.5. The first-order chi connectivity index (χ1) is 7.90. The van der Waals surface area contributed by atoms with Crippen molar-refractivity contribution in [2.45, 2.75) is 25.8 Å². The van der Waals surface area contributed by atoms with Crippen molar-refractivity contribution in [2.75, 3.05) is 14.1 Å². The Hall–Kier alpha value is -1.06. The third kappa shape index (κ3) is 4.36. The van der Waals surface area contributed by atoms with Crippen LogP contribution < -0.4 is 0 Å². The molecular formula is C13H18ClNO2. The molecule has 0 aliphatic heterocycles. The highest BCUT2D eigenvalue weighted by Gasteiger charge is 2.16. The summed E-state index contributed by atoms with van der Waals surface area (Å²) in [6, 6.07) is 5.83. The second-order valence-corrected chi connectivity index (χ2v) is 4.91. The molecule has 4 heteroatoms. The van der Waals surface area contributed by atoms with E-state index >= 15 is 0 Å². The van der Waals surface area contributed by atoms with Crippen LogP contribution in [-0.4, -0.2) is 36.1 Å². The highest BCUT2D eigenvalue weighted by Crippen LogP contribution is 2.18. The van der Waals surface area contributed by atoms with Crippen LogP contribution in [0.5, 0.6) is 0 Å². The zero-order valence-corrected chi connectivity index (χ0v) is 11.2. The molecule has 1 rings (SSSR count). The molecule has 0 saturated carbocycles. The largest absolute Gasteiger partial charge is 0.481 e. The van der Waals surface area contributed by atoms with E-state index in [9.17, 15) is 4.79 Å². The molecule has 1 N–H and O–H groups in total. The van der Waals surface area contributed by atoms with Gasteiger partial charge in [-0.25, -0.2) is 0 Å². The summed E-state index contributed by atoms with van der Waals surface area (Å²) >= 11 is 5.96. The van der Waals surface area contributed by atoms with Crippen LogP contribution in [0.15, 0.2) is 18.2 Å². The monoisotopic (exact) mass is 255 g/mol. The van der Waals surface area contributed by atoms with Crippen molar-refractivity contribution >= 4 is 17.6 Å². The zero-order valence-electron chi connectivity index (χ0n) is 10.4. The minimum absolute atomic E-state index is 0.00748. The predicted molar refractivity (Wildman–Crippen MR) is 69.6 cm³/mol. The second-order valence-electron chi connectivity index (χ2n) is 4.50. The van der Waals surface area contributed by atoms with Crippen LogP contribution in [0.4, 0.5) is 0 Å². The van der Waals surface area contributed by atoms with Crippen LogP contribution in [0, 0.1) is 6.92 Å². The predicted octanol–water partition coefficient (Wildman–Crippen LogP) is 2.60. The fourth-order valence-corrected chi connectivity index (χ4v) is 1.86. The van der Waals surface area contributed by atoms with Gasteiger partial charge in [0.15, 0.2) is 0 Å². The summed E-state index contributed by atoms with van der Waals surface area (Å²) in [5.41, 5.74) is 2.14. The van der Waals surface area contributed by atoms with E-state index < -0.39 is 5.97 Å². The van der Waals surface area contributed by atoms with Crippen molar-refractivity contribution in [1.82, 2.24) is 4.90 Å². The van der Waals surface area contributed by atoms with Gasteiger partial charge in [0.05, 0.1) is 6.42 Å². The lowest BCUT2D eigenvalue weighted by atomic mass is 10.0. The number of hydrogen-bond donors (Lipinski definition) is 1. The maximum absolute atomic E-state index is 10.8. The fourth-order valence-electron chi connectivity index (χ4n) is 1.74. The van der Waals surface area contributed by atoms with Crippen molar-refractivity contribution in [3.63, 3.8) is 0 Å². The second kappa shape index (κ2) is 6.03. The number of carbonyl (C=O) groups is 1. The molecule has 0 heterocycles. The standard InChI is InChI=1S/C13H18ClNO2/c1-9-6-10(4-5-12(9)14)7-11(15(2)3)8-13(16)17/h4-6,11H,7-8H2,1-3H3,(H,16,17). The molecule has 0 fully saturated rings. The molecule has 1 aromatic rings. The van der Waals surface area contributed by atoms with Gasteiger partial charge in [0, 0.05) is 11.1 Å². The summed E-state index contributed by atoms with van der Waals surface area (Å²) in [5, 5.41) is 9.61. The molecule has 0 amide bonds. The van der Waals surface area contributed by atoms with Crippen molar-refractivity contribution < 1.29 is 9.90 Å². The molecule has 0 bridgehead atoms. The SMILES string of the molecule is Cc1cc(CC(CC(=O)O)N(C)C)ccc1Cl.